The van der Waals surface area contributed by atoms with Crippen LogP contribution in [0.5, 0.6) is 0 Å². The monoisotopic (exact) mass is 291 g/mol. The Bertz CT molecular complexity index is 350. The molecule has 0 radical (unpaired) electrons. The van der Waals surface area contributed by atoms with Crippen molar-refractivity contribution in [3.63, 3.8) is 0 Å². The third kappa shape index (κ3) is 5.17. The van der Waals surface area contributed by atoms with Crippen LogP contribution in [0.25, 0.3) is 0 Å². The van der Waals surface area contributed by atoms with Crippen molar-refractivity contribution in [3.8, 4) is 0 Å². The number of aromatic nitrogens is 2. The maximum atomic E-state index is 6.25. The molecule has 1 aromatic heterocycles. The molecule has 104 valence electrons. The molecule has 5 heteroatoms. The summed E-state index contributed by atoms with van der Waals surface area (Å²) in [5.41, 5.74) is 1.11. The van der Waals surface area contributed by atoms with Crippen LogP contribution < -0.4 is 0 Å². The molecule has 0 saturated heterocycles. The van der Waals surface area contributed by atoms with Gasteiger partial charge in [0.25, 0.3) is 0 Å². The third-order valence-corrected chi connectivity index (χ3v) is 3.71. The Morgan fingerprint density at radius 1 is 1.39 bits per heavy atom. The highest BCUT2D eigenvalue weighted by atomic mass is 35.5. The zero-order valence-corrected chi connectivity index (χ0v) is 13.0. The Morgan fingerprint density at radius 2 is 2.11 bits per heavy atom. The largest absolute Gasteiger partial charge is 0.308 e. The average Bonchev–Trinajstić information content (AvgIpc) is 2.65. The maximum Gasteiger partial charge on any atom is 0.0817 e. The van der Waals surface area contributed by atoms with Gasteiger partial charge in [-0.3, -0.25) is 4.68 Å². The van der Waals surface area contributed by atoms with Crippen LogP contribution in [0.15, 0.2) is 6.20 Å². The van der Waals surface area contributed by atoms with E-state index in [2.05, 4.69) is 31.0 Å². The lowest BCUT2D eigenvalue weighted by atomic mass is 10.1. The predicted molar refractivity (Wildman–Crippen MR) is 78.7 cm³/mol. The molecule has 0 aliphatic heterocycles. The van der Waals surface area contributed by atoms with Crippen LogP contribution in [-0.2, 0) is 13.0 Å². The van der Waals surface area contributed by atoms with E-state index in [9.17, 15) is 0 Å². The summed E-state index contributed by atoms with van der Waals surface area (Å²) in [7, 11) is 4.11. The van der Waals surface area contributed by atoms with E-state index in [4.69, 9.17) is 23.2 Å². The second-order valence-electron chi connectivity index (χ2n) is 4.89. The van der Waals surface area contributed by atoms with Gasteiger partial charge in [-0.1, -0.05) is 24.9 Å². The molecule has 3 nitrogen and oxygen atoms in total. The van der Waals surface area contributed by atoms with Crippen LogP contribution in [0, 0.1) is 0 Å². The van der Waals surface area contributed by atoms with Crippen molar-refractivity contribution in [2.75, 3.05) is 20.6 Å². The van der Waals surface area contributed by atoms with Gasteiger partial charge in [0.1, 0.15) is 0 Å². The summed E-state index contributed by atoms with van der Waals surface area (Å²) in [6, 6.07) is 0. The minimum atomic E-state index is 0.239. The summed E-state index contributed by atoms with van der Waals surface area (Å²) < 4.78 is 2.00. The number of halogens is 2. The molecule has 1 aromatic rings. The van der Waals surface area contributed by atoms with Crippen LogP contribution in [0.1, 0.15) is 31.9 Å². The topological polar surface area (TPSA) is 21.1 Å². The molecule has 0 saturated carbocycles. The van der Waals surface area contributed by atoms with Crippen LogP contribution >= 0.6 is 23.2 Å². The molecular formula is C13H23Cl2N3. The first-order valence-electron chi connectivity index (χ1n) is 6.53. The van der Waals surface area contributed by atoms with Gasteiger partial charge >= 0.3 is 0 Å². The summed E-state index contributed by atoms with van der Waals surface area (Å²) in [5.74, 6) is 0. The predicted octanol–water partition coefficient (Wildman–Crippen LogP) is 3.44. The molecule has 0 spiro atoms. The Morgan fingerprint density at radius 3 is 2.72 bits per heavy atom. The summed E-state index contributed by atoms with van der Waals surface area (Å²) in [5, 5.41) is 5.32. The van der Waals surface area contributed by atoms with Crippen molar-refractivity contribution in [2.45, 2.75) is 44.5 Å². The van der Waals surface area contributed by atoms with Crippen LogP contribution in [0.3, 0.4) is 0 Å². The second kappa shape index (κ2) is 8.03. The molecule has 0 bridgehead atoms. The van der Waals surface area contributed by atoms with Gasteiger partial charge in [0.05, 0.1) is 23.5 Å². The fraction of sp³-hybridized carbons (Fsp3) is 0.769. The summed E-state index contributed by atoms with van der Waals surface area (Å²) >= 11 is 12.4. The molecular weight excluding hydrogens is 269 g/mol. The molecule has 18 heavy (non-hydrogen) atoms. The highest BCUT2D eigenvalue weighted by Gasteiger charge is 2.11. The Hall–Kier alpha value is -0.250. The van der Waals surface area contributed by atoms with E-state index in [0.29, 0.717) is 0 Å². The number of hydrogen-bond donors (Lipinski definition) is 0. The van der Waals surface area contributed by atoms with Crippen molar-refractivity contribution in [3.05, 3.63) is 16.9 Å². The molecule has 1 atom stereocenters. The molecule has 0 aliphatic rings. The highest BCUT2D eigenvalue weighted by Crippen LogP contribution is 2.20. The fourth-order valence-corrected chi connectivity index (χ4v) is 2.44. The average molecular weight is 292 g/mol. The van der Waals surface area contributed by atoms with Crippen molar-refractivity contribution in [1.29, 1.82) is 0 Å². The number of nitrogens with zero attached hydrogens (tertiary/aromatic N) is 3. The fourth-order valence-electron chi connectivity index (χ4n) is 1.87. The minimum absolute atomic E-state index is 0.239. The van der Waals surface area contributed by atoms with E-state index in [1.165, 1.54) is 0 Å². The van der Waals surface area contributed by atoms with Gasteiger partial charge in [-0.2, -0.15) is 5.10 Å². The zero-order valence-electron chi connectivity index (χ0n) is 11.5. The summed E-state index contributed by atoms with van der Waals surface area (Å²) in [6.45, 7) is 3.99. The van der Waals surface area contributed by atoms with Gasteiger partial charge in [0.15, 0.2) is 0 Å². The van der Waals surface area contributed by atoms with E-state index >= 15 is 0 Å². The van der Waals surface area contributed by atoms with Gasteiger partial charge in [-0.15, -0.1) is 11.6 Å². The molecule has 0 aromatic carbocycles. The third-order valence-electron chi connectivity index (χ3n) is 2.95. The lowest BCUT2D eigenvalue weighted by Crippen LogP contribution is -2.20. The lowest BCUT2D eigenvalue weighted by Gasteiger charge is -2.13. The zero-order chi connectivity index (χ0) is 13.5. The molecule has 1 heterocycles. The summed E-state index contributed by atoms with van der Waals surface area (Å²) in [4.78, 5) is 2.14. The minimum Gasteiger partial charge on any atom is -0.308 e. The molecule has 0 N–H and O–H groups in total. The van der Waals surface area contributed by atoms with Crippen molar-refractivity contribution in [2.24, 2.45) is 0 Å². The number of alkyl halides is 1. The highest BCUT2D eigenvalue weighted by molar-refractivity contribution is 6.31. The van der Waals surface area contributed by atoms with Crippen molar-refractivity contribution >= 4 is 23.2 Å². The van der Waals surface area contributed by atoms with Crippen molar-refractivity contribution < 1.29 is 0 Å². The van der Waals surface area contributed by atoms with Gasteiger partial charge in [-0.25, -0.2) is 0 Å². The van der Waals surface area contributed by atoms with Gasteiger partial charge < -0.3 is 4.90 Å². The lowest BCUT2D eigenvalue weighted by molar-refractivity contribution is 0.369. The van der Waals surface area contributed by atoms with E-state index in [-0.39, 0.29) is 5.38 Å². The first-order chi connectivity index (χ1) is 8.54. The maximum absolute atomic E-state index is 6.25. The van der Waals surface area contributed by atoms with Gasteiger partial charge in [0.2, 0.25) is 0 Å². The van der Waals surface area contributed by atoms with Crippen molar-refractivity contribution in [1.82, 2.24) is 14.7 Å². The van der Waals surface area contributed by atoms with E-state index in [1.54, 1.807) is 6.20 Å². The van der Waals surface area contributed by atoms with Gasteiger partial charge in [-0.05, 0) is 33.4 Å². The van der Waals surface area contributed by atoms with E-state index in [0.717, 1.165) is 49.5 Å². The Kier molecular flexibility index (Phi) is 7.05. The van der Waals surface area contributed by atoms with E-state index < -0.39 is 0 Å². The van der Waals surface area contributed by atoms with Crippen LogP contribution in [0.4, 0.5) is 0 Å². The first-order valence-corrected chi connectivity index (χ1v) is 7.35. The normalized spacial score (nSPS) is 13.2. The quantitative estimate of drug-likeness (QED) is 0.684. The number of rotatable bonds is 8. The second-order valence-corrected chi connectivity index (χ2v) is 5.91. The molecule has 0 aliphatic carbocycles. The number of hydrogen-bond acceptors (Lipinski definition) is 2. The van der Waals surface area contributed by atoms with E-state index in [1.807, 2.05) is 4.68 Å². The Balaban J connectivity index is 2.55. The first kappa shape index (κ1) is 15.8. The Labute approximate surface area is 120 Å². The van der Waals surface area contributed by atoms with Gasteiger partial charge in [0, 0.05) is 11.9 Å². The molecule has 1 unspecified atom stereocenters. The summed E-state index contributed by atoms with van der Waals surface area (Å²) in [6.07, 6.45) is 5.78. The number of likely N-dealkylation sites (N-methyl/N-ethyl adjacent to an activating group) is 1. The van der Waals surface area contributed by atoms with Crippen LogP contribution in [-0.4, -0.2) is 40.7 Å². The molecule has 0 amide bonds. The molecule has 0 fully saturated rings. The molecule has 1 rings (SSSR count). The smallest absolute Gasteiger partial charge is 0.0817 e. The van der Waals surface area contributed by atoms with Crippen LogP contribution in [0.2, 0.25) is 5.02 Å². The SMILES string of the molecule is CCCC(Cl)CCc1c(Cl)cnn1CCN(C)C. The standard InChI is InChI=1S/C13H23Cl2N3/c1-4-5-11(14)6-7-13-12(15)10-16-18(13)9-8-17(2)3/h10-11H,4-9H2,1-3H3.